The first-order chi connectivity index (χ1) is 9.52. The van der Waals surface area contributed by atoms with Crippen molar-refractivity contribution in [2.75, 3.05) is 6.61 Å². The van der Waals surface area contributed by atoms with E-state index in [9.17, 15) is 10.2 Å². The van der Waals surface area contributed by atoms with Gasteiger partial charge in [-0.05, 0) is 12.1 Å². The van der Waals surface area contributed by atoms with Crippen LogP contribution in [0.3, 0.4) is 0 Å². The molecule has 0 amide bonds. The van der Waals surface area contributed by atoms with Crippen LogP contribution in [-0.2, 0) is 4.74 Å². The smallest absolute Gasteiger partial charge is 0.181 e. The van der Waals surface area contributed by atoms with Gasteiger partial charge in [0.25, 0.3) is 0 Å². The summed E-state index contributed by atoms with van der Waals surface area (Å²) in [5, 5.41) is 37.3. The number of hydrogen-bond donors (Lipinski definition) is 3. The zero-order chi connectivity index (χ0) is 14.4. The number of rotatable bonds is 2. The van der Waals surface area contributed by atoms with Crippen LogP contribution in [0.25, 0.3) is 11.0 Å². The van der Waals surface area contributed by atoms with Crippen molar-refractivity contribution in [1.29, 1.82) is 0 Å². The minimum atomic E-state index is -1.23. The lowest BCUT2D eigenvalue weighted by molar-refractivity contribution is -0.0572. The molecular weight excluding hydrogens is 309 g/mol. The predicted molar refractivity (Wildman–Crippen MR) is 70.6 cm³/mol. The van der Waals surface area contributed by atoms with Crippen LogP contribution in [0.2, 0.25) is 10.0 Å². The lowest BCUT2D eigenvalue weighted by Crippen LogP contribution is -2.33. The van der Waals surface area contributed by atoms with Crippen molar-refractivity contribution < 1.29 is 20.1 Å². The molecule has 2 heterocycles. The highest BCUT2D eigenvalue weighted by Gasteiger charge is 2.44. The van der Waals surface area contributed by atoms with Crippen molar-refractivity contribution in [2.24, 2.45) is 0 Å². The van der Waals surface area contributed by atoms with E-state index in [4.69, 9.17) is 33.0 Å². The number of halogens is 2. The Bertz CT molecular complexity index is 650. The number of aromatic nitrogens is 3. The molecule has 0 aliphatic carbocycles. The van der Waals surface area contributed by atoms with E-state index in [0.717, 1.165) is 0 Å². The van der Waals surface area contributed by atoms with E-state index in [1.54, 1.807) is 12.1 Å². The normalized spacial score (nSPS) is 30.2. The van der Waals surface area contributed by atoms with E-state index in [0.29, 0.717) is 21.1 Å². The van der Waals surface area contributed by atoms with Gasteiger partial charge in [-0.15, -0.1) is 5.10 Å². The van der Waals surface area contributed by atoms with E-state index in [-0.39, 0.29) is 0 Å². The van der Waals surface area contributed by atoms with Crippen LogP contribution in [0, 0.1) is 0 Å². The third-order valence-corrected chi connectivity index (χ3v) is 3.99. The molecule has 1 saturated heterocycles. The average Bonchev–Trinajstić information content (AvgIpc) is 2.94. The lowest BCUT2D eigenvalue weighted by Gasteiger charge is -2.15. The topological polar surface area (TPSA) is 101 Å². The molecular formula is C11H11Cl2N3O4. The number of aliphatic hydroxyl groups is 3. The first-order valence-corrected chi connectivity index (χ1v) is 6.61. The van der Waals surface area contributed by atoms with Gasteiger partial charge in [-0.1, -0.05) is 28.4 Å². The van der Waals surface area contributed by atoms with Crippen molar-refractivity contribution in [3.63, 3.8) is 0 Å². The maximum Gasteiger partial charge on any atom is 0.181 e. The Kier molecular flexibility index (Phi) is 3.57. The van der Waals surface area contributed by atoms with E-state index in [2.05, 4.69) is 10.3 Å². The zero-order valence-electron chi connectivity index (χ0n) is 10.0. The first-order valence-electron chi connectivity index (χ1n) is 5.85. The Morgan fingerprint density at radius 2 is 1.90 bits per heavy atom. The highest BCUT2D eigenvalue weighted by Crippen LogP contribution is 2.33. The highest BCUT2D eigenvalue weighted by molar-refractivity contribution is 6.42. The quantitative estimate of drug-likeness (QED) is 0.738. The van der Waals surface area contributed by atoms with Crippen LogP contribution in [0.5, 0.6) is 0 Å². The maximum atomic E-state index is 9.98. The summed E-state index contributed by atoms with van der Waals surface area (Å²) in [5.74, 6) is 0. The van der Waals surface area contributed by atoms with Crippen LogP contribution in [-0.4, -0.2) is 55.2 Å². The minimum Gasteiger partial charge on any atom is -0.394 e. The first kappa shape index (κ1) is 14.0. The summed E-state index contributed by atoms with van der Waals surface area (Å²) in [7, 11) is 0. The summed E-state index contributed by atoms with van der Waals surface area (Å²) in [4.78, 5) is 0. The highest BCUT2D eigenvalue weighted by atomic mass is 35.5. The molecule has 1 fully saturated rings. The van der Waals surface area contributed by atoms with Crippen LogP contribution in [0.15, 0.2) is 12.1 Å². The average molecular weight is 320 g/mol. The van der Waals surface area contributed by atoms with Gasteiger partial charge < -0.3 is 20.1 Å². The van der Waals surface area contributed by atoms with E-state index in [1.807, 2.05) is 0 Å². The number of aliphatic hydroxyl groups excluding tert-OH is 3. The molecule has 0 bridgehead atoms. The largest absolute Gasteiger partial charge is 0.394 e. The number of ether oxygens (including phenoxy) is 1. The van der Waals surface area contributed by atoms with Gasteiger partial charge >= 0.3 is 0 Å². The third kappa shape index (κ3) is 2.07. The molecule has 0 unspecified atom stereocenters. The summed E-state index contributed by atoms with van der Waals surface area (Å²) in [6, 6.07) is 3.10. The van der Waals surface area contributed by atoms with Crippen LogP contribution >= 0.6 is 23.2 Å². The molecule has 0 saturated carbocycles. The maximum absolute atomic E-state index is 9.98. The summed E-state index contributed by atoms with van der Waals surface area (Å²) in [6.45, 7) is -0.409. The lowest BCUT2D eigenvalue weighted by atomic mass is 10.1. The molecule has 3 rings (SSSR count). The summed E-state index contributed by atoms with van der Waals surface area (Å²) in [6.07, 6.45) is -4.26. The fourth-order valence-electron chi connectivity index (χ4n) is 2.20. The molecule has 3 N–H and O–H groups in total. The van der Waals surface area contributed by atoms with Gasteiger partial charge in [-0.2, -0.15) is 0 Å². The monoisotopic (exact) mass is 319 g/mol. The molecule has 2 aromatic rings. The van der Waals surface area contributed by atoms with Gasteiger partial charge in [0, 0.05) is 0 Å². The second-order valence-electron chi connectivity index (χ2n) is 4.52. The fourth-order valence-corrected chi connectivity index (χ4v) is 2.52. The van der Waals surface area contributed by atoms with Gasteiger partial charge in [-0.25, -0.2) is 4.68 Å². The van der Waals surface area contributed by atoms with Crippen molar-refractivity contribution >= 4 is 34.2 Å². The van der Waals surface area contributed by atoms with Gasteiger partial charge in [0.1, 0.15) is 23.8 Å². The van der Waals surface area contributed by atoms with Crippen molar-refractivity contribution in [3.05, 3.63) is 22.2 Å². The number of nitrogens with zero attached hydrogens (tertiary/aromatic N) is 3. The van der Waals surface area contributed by atoms with E-state index < -0.39 is 31.1 Å². The molecule has 1 aromatic heterocycles. The molecule has 1 aromatic carbocycles. The number of fused-ring (bicyclic) bond motifs is 1. The van der Waals surface area contributed by atoms with Crippen LogP contribution < -0.4 is 0 Å². The standard InChI is InChI=1S/C11H11Cl2N3O4/c12-4-1-6-7(2-5(4)13)16(15-14-6)11-10(19)9(18)8(3-17)20-11/h1-2,8-11,17-19H,3H2/t8-,9+,10-,11-/m0/s1. The molecule has 1 aliphatic rings. The Morgan fingerprint density at radius 1 is 1.20 bits per heavy atom. The molecule has 108 valence electrons. The van der Waals surface area contributed by atoms with Crippen molar-refractivity contribution in [2.45, 2.75) is 24.5 Å². The molecule has 1 aliphatic heterocycles. The Labute approximate surface area is 123 Å². The van der Waals surface area contributed by atoms with Gasteiger partial charge in [0.05, 0.1) is 22.2 Å². The summed E-state index contributed by atoms with van der Waals surface area (Å²) in [5.41, 5.74) is 0.992. The fraction of sp³-hybridized carbons (Fsp3) is 0.455. The Hall–Kier alpha value is -0.960. The molecule has 0 spiro atoms. The van der Waals surface area contributed by atoms with Crippen molar-refractivity contribution in [3.8, 4) is 0 Å². The SMILES string of the molecule is OC[C@@H]1O[C@H](n2nnc3cc(Cl)c(Cl)cc32)[C@@H](O)[C@@H]1O. The molecule has 7 nitrogen and oxygen atoms in total. The number of hydrogen-bond acceptors (Lipinski definition) is 6. The van der Waals surface area contributed by atoms with Crippen molar-refractivity contribution in [1.82, 2.24) is 15.0 Å². The van der Waals surface area contributed by atoms with Crippen LogP contribution in [0.1, 0.15) is 6.23 Å². The molecule has 4 atom stereocenters. The minimum absolute atomic E-state index is 0.314. The third-order valence-electron chi connectivity index (χ3n) is 3.27. The van der Waals surface area contributed by atoms with Gasteiger partial charge in [0.15, 0.2) is 6.23 Å². The molecule has 9 heteroatoms. The summed E-state index contributed by atoms with van der Waals surface area (Å²) >= 11 is 11.8. The molecule has 20 heavy (non-hydrogen) atoms. The Balaban J connectivity index is 2.05. The van der Waals surface area contributed by atoms with Gasteiger partial charge in [-0.3, -0.25) is 0 Å². The second kappa shape index (κ2) is 5.10. The van der Waals surface area contributed by atoms with E-state index in [1.165, 1.54) is 4.68 Å². The van der Waals surface area contributed by atoms with Crippen LogP contribution in [0.4, 0.5) is 0 Å². The molecule has 0 radical (unpaired) electrons. The number of benzene rings is 1. The predicted octanol–water partition coefficient (Wildman–Crippen LogP) is 0.350. The second-order valence-corrected chi connectivity index (χ2v) is 5.33. The van der Waals surface area contributed by atoms with E-state index >= 15 is 0 Å². The summed E-state index contributed by atoms with van der Waals surface area (Å²) < 4.78 is 6.70. The van der Waals surface area contributed by atoms with Gasteiger partial charge in [0.2, 0.25) is 0 Å². The Morgan fingerprint density at radius 3 is 2.55 bits per heavy atom. The zero-order valence-corrected chi connectivity index (χ0v) is 11.5.